The quantitative estimate of drug-likeness (QED) is 0.388. The summed E-state index contributed by atoms with van der Waals surface area (Å²) in [5, 5.41) is 5.15. The summed E-state index contributed by atoms with van der Waals surface area (Å²) in [4.78, 5) is 42.7. The molecule has 1 aromatic carbocycles. The maximum atomic E-state index is 13.7. The molecule has 11 heteroatoms. The van der Waals surface area contributed by atoms with Crippen LogP contribution in [0.4, 0.5) is 15.9 Å². The van der Waals surface area contributed by atoms with Gasteiger partial charge in [0.05, 0.1) is 17.4 Å². The lowest BCUT2D eigenvalue weighted by Crippen LogP contribution is -2.33. The molecule has 1 aliphatic heterocycles. The van der Waals surface area contributed by atoms with Gasteiger partial charge in [0.2, 0.25) is 5.91 Å². The molecule has 1 atom stereocenters. The van der Waals surface area contributed by atoms with Crippen LogP contribution in [0.15, 0.2) is 34.2 Å². The number of anilines is 2. The summed E-state index contributed by atoms with van der Waals surface area (Å²) in [5.41, 5.74) is 4.54. The van der Waals surface area contributed by atoms with E-state index in [9.17, 15) is 18.8 Å². The Labute approximate surface area is 169 Å². The second-order valence-corrected chi connectivity index (χ2v) is 7.26. The van der Waals surface area contributed by atoms with Crippen molar-refractivity contribution in [2.45, 2.75) is 24.1 Å². The van der Waals surface area contributed by atoms with Crippen molar-refractivity contribution in [1.82, 2.24) is 15.3 Å². The molecule has 0 spiro atoms. The van der Waals surface area contributed by atoms with Crippen LogP contribution < -0.4 is 21.9 Å². The summed E-state index contributed by atoms with van der Waals surface area (Å²) >= 11 is 0.994. The van der Waals surface area contributed by atoms with Crippen molar-refractivity contribution < 1.29 is 18.7 Å². The molecule has 29 heavy (non-hydrogen) atoms. The van der Waals surface area contributed by atoms with Crippen molar-refractivity contribution in [2.24, 2.45) is 0 Å². The Morgan fingerprint density at radius 2 is 2.17 bits per heavy atom. The Morgan fingerprint density at radius 1 is 1.38 bits per heavy atom. The van der Waals surface area contributed by atoms with Gasteiger partial charge in [-0.3, -0.25) is 19.4 Å². The van der Waals surface area contributed by atoms with Crippen LogP contribution in [-0.2, 0) is 9.53 Å². The van der Waals surface area contributed by atoms with E-state index in [1.165, 1.54) is 18.2 Å². The number of nitrogens with one attached hydrogen (secondary N) is 3. The third-order valence-corrected chi connectivity index (χ3v) is 5.05. The van der Waals surface area contributed by atoms with Crippen LogP contribution in [0.1, 0.15) is 23.2 Å². The number of H-pyrrole nitrogens is 1. The number of benzene rings is 1. The highest BCUT2D eigenvalue weighted by atomic mass is 32.2. The molecule has 0 bridgehead atoms. The summed E-state index contributed by atoms with van der Waals surface area (Å²) < 4.78 is 19.1. The predicted octanol–water partition coefficient (Wildman–Crippen LogP) is 1.13. The molecule has 1 unspecified atom stereocenters. The van der Waals surface area contributed by atoms with Crippen molar-refractivity contribution in [2.75, 3.05) is 30.0 Å². The summed E-state index contributed by atoms with van der Waals surface area (Å²) in [6.45, 7) is 1.14. The zero-order valence-corrected chi connectivity index (χ0v) is 16.2. The number of rotatable bonds is 7. The Balaban J connectivity index is 1.58. The number of halogens is 1. The maximum Gasteiger partial charge on any atom is 0.277 e. The molecular formula is C18H20FN5O4S. The highest BCUT2D eigenvalue weighted by Crippen LogP contribution is 2.18. The molecule has 5 N–H and O–H groups in total. The Morgan fingerprint density at radius 3 is 2.86 bits per heavy atom. The number of aromatic nitrogens is 2. The molecule has 0 aliphatic carbocycles. The number of nitrogen functional groups attached to an aromatic ring is 1. The molecule has 1 saturated heterocycles. The van der Waals surface area contributed by atoms with E-state index < -0.39 is 17.3 Å². The molecule has 0 saturated carbocycles. The molecule has 3 rings (SSSR count). The predicted molar refractivity (Wildman–Crippen MR) is 106 cm³/mol. The largest absolute Gasteiger partial charge is 0.382 e. The van der Waals surface area contributed by atoms with Crippen LogP contribution in [0.2, 0.25) is 0 Å². The summed E-state index contributed by atoms with van der Waals surface area (Å²) in [5.74, 6) is -2.00. The fourth-order valence-corrected chi connectivity index (χ4v) is 3.40. The van der Waals surface area contributed by atoms with Crippen LogP contribution in [0, 0.1) is 5.82 Å². The SMILES string of the molecule is Nc1nc(SCC(=O)NCC2CCCO2)[nH]c(=O)c1NC(=O)c1ccccc1F. The number of thioether (sulfide) groups is 1. The van der Waals surface area contributed by atoms with E-state index in [1.807, 2.05) is 0 Å². The first-order chi connectivity index (χ1) is 13.9. The Bertz CT molecular complexity index is 962. The number of hydrogen-bond acceptors (Lipinski definition) is 7. The average molecular weight is 421 g/mol. The minimum Gasteiger partial charge on any atom is -0.382 e. The minimum atomic E-state index is -0.823. The van der Waals surface area contributed by atoms with E-state index in [-0.39, 0.29) is 40.0 Å². The number of carbonyl (C=O) groups excluding carboxylic acids is 2. The van der Waals surface area contributed by atoms with Crippen molar-refractivity contribution in [3.8, 4) is 0 Å². The molecule has 154 valence electrons. The molecule has 2 heterocycles. The van der Waals surface area contributed by atoms with Gasteiger partial charge in [0.1, 0.15) is 11.5 Å². The van der Waals surface area contributed by atoms with E-state index >= 15 is 0 Å². The van der Waals surface area contributed by atoms with Gasteiger partial charge in [-0.15, -0.1) is 0 Å². The lowest BCUT2D eigenvalue weighted by Gasteiger charge is -2.11. The number of amides is 2. The van der Waals surface area contributed by atoms with Gasteiger partial charge in [0, 0.05) is 13.2 Å². The minimum absolute atomic E-state index is 0.0238. The van der Waals surface area contributed by atoms with Gasteiger partial charge in [-0.05, 0) is 25.0 Å². The summed E-state index contributed by atoms with van der Waals surface area (Å²) in [6, 6.07) is 5.34. The maximum absolute atomic E-state index is 13.7. The van der Waals surface area contributed by atoms with Gasteiger partial charge in [-0.2, -0.15) is 0 Å². The fourth-order valence-electron chi connectivity index (χ4n) is 2.70. The van der Waals surface area contributed by atoms with Crippen molar-refractivity contribution in [3.05, 3.63) is 46.0 Å². The molecule has 1 aromatic heterocycles. The molecule has 9 nitrogen and oxygen atoms in total. The van der Waals surface area contributed by atoms with Crippen LogP contribution >= 0.6 is 11.8 Å². The van der Waals surface area contributed by atoms with Gasteiger partial charge in [-0.25, -0.2) is 9.37 Å². The van der Waals surface area contributed by atoms with Crippen molar-refractivity contribution >= 4 is 35.1 Å². The van der Waals surface area contributed by atoms with E-state index in [0.29, 0.717) is 13.2 Å². The van der Waals surface area contributed by atoms with Gasteiger partial charge >= 0.3 is 0 Å². The Hall–Kier alpha value is -2.92. The van der Waals surface area contributed by atoms with E-state index in [4.69, 9.17) is 10.5 Å². The molecular weight excluding hydrogens is 401 g/mol. The lowest BCUT2D eigenvalue weighted by molar-refractivity contribution is -0.119. The van der Waals surface area contributed by atoms with E-state index in [2.05, 4.69) is 20.6 Å². The first-order valence-electron chi connectivity index (χ1n) is 8.91. The van der Waals surface area contributed by atoms with Gasteiger partial charge in [-0.1, -0.05) is 23.9 Å². The second kappa shape index (κ2) is 9.52. The number of nitrogens with zero attached hydrogens (tertiary/aromatic N) is 1. The zero-order valence-electron chi connectivity index (χ0n) is 15.4. The number of aromatic amines is 1. The van der Waals surface area contributed by atoms with Gasteiger partial charge in [0.15, 0.2) is 11.0 Å². The first kappa shape index (κ1) is 20.8. The second-order valence-electron chi connectivity index (χ2n) is 6.29. The smallest absolute Gasteiger partial charge is 0.277 e. The van der Waals surface area contributed by atoms with Crippen LogP contribution in [0.5, 0.6) is 0 Å². The van der Waals surface area contributed by atoms with Crippen LogP contribution in [0.3, 0.4) is 0 Å². The Kier molecular flexibility index (Phi) is 6.83. The van der Waals surface area contributed by atoms with E-state index in [0.717, 1.165) is 30.7 Å². The van der Waals surface area contributed by atoms with Gasteiger partial charge < -0.3 is 21.1 Å². The third-order valence-electron chi connectivity index (χ3n) is 4.17. The van der Waals surface area contributed by atoms with Crippen molar-refractivity contribution in [1.29, 1.82) is 0 Å². The topological polar surface area (TPSA) is 139 Å². The number of hydrogen-bond donors (Lipinski definition) is 4. The highest BCUT2D eigenvalue weighted by molar-refractivity contribution is 7.99. The molecule has 0 radical (unpaired) electrons. The fraction of sp³-hybridized carbons (Fsp3) is 0.333. The number of carbonyl (C=O) groups is 2. The van der Waals surface area contributed by atoms with Crippen LogP contribution in [-0.4, -0.2) is 46.8 Å². The average Bonchev–Trinajstić information content (AvgIpc) is 3.21. The zero-order chi connectivity index (χ0) is 20.8. The number of nitrogens with two attached hydrogens (primary N) is 1. The van der Waals surface area contributed by atoms with Gasteiger partial charge in [0.25, 0.3) is 11.5 Å². The van der Waals surface area contributed by atoms with E-state index in [1.54, 1.807) is 0 Å². The molecule has 2 amide bonds. The molecule has 2 aromatic rings. The lowest BCUT2D eigenvalue weighted by atomic mass is 10.2. The number of ether oxygens (including phenoxy) is 1. The van der Waals surface area contributed by atoms with Crippen molar-refractivity contribution in [3.63, 3.8) is 0 Å². The highest BCUT2D eigenvalue weighted by Gasteiger charge is 2.18. The third kappa shape index (κ3) is 5.55. The summed E-state index contributed by atoms with van der Waals surface area (Å²) in [6.07, 6.45) is 1.94. The molecule has 1 fully saturated rings. The molecule has 1 aliphatic rings. The monoisotopic (exact) mass is 421 g/mol. The first-order valence-corrected chi connectivity index (χ1v) is 9.89. The van der Waals surface area contributed by atoms with Crippen LogP contribution in [0.25, 0.3) is 0 Å². The summed E-state index contributed by atoms with van der Waals surface area (Å²) in [7, 11) is 0. The normalized spacial score (nSPS) is 15.8. The standard InChI is InChI=1S/C18H20FN5O4S/c19-12-6-2-1-5-11(12)16(26)22-14-15(20)23-18(24-17(14)27)29-9-13(25)21-8-10-4-3-7-28-10/h1-2,5-6,10H,3-4,7-9H2,(H,21,25)(H,22,26)(H3,20,23,24,27).